The first-order chi connectivity index (χ1) is 9.61. The molecule has 0 radical (unpaired) electrons. The van der Waals surface area contributed by atoms with Crippen molar-refractivity contribution in [2.75, 3.05) is 13.1 Å². The molecule has 1 aromatic carbocycles. The molecule has 1 aromatic rings. The number of unbranched alkanes of at least 4 members (excludes halogenated alkanes) is 3. The highest BCUT2D eigenvalue weighted by atomic mass is 16.4. The molecule has 0 spiro atoms. The average molecular weight is 277 g/mol. The number of aryl methyl sites for hydroxylation is 1. The summed E-state index contributed by atoms with van der Waals surface area (Å²) < 4.78 is 0. The van der Waals surface area contributed by atoms with E-state index in [0.29, 0.717) is 6.54 Å². The Morgan fingerprint density at radius 3 is 2.40 bits per heavy atom. The molecule has 112 valence electrons. The van der Waals surface area contributed by atoms with Crippen LogP contribution >= 0.6 is 0 Å². The predicted molar refractivity (Wildman–Crippen MR) is 82.9 cm³/mol. The summed E-state index contributed by atoms with van der Waals surface area (Å²) in [5.41, 5.74) is 2.52. The van der Waals surface area contributed by atoms with Gasteiger partial charge in [-0.15, -0.1) is 0 Å². The summed E-state index contributed by atoms with van der Waals surface area (Å²) in [6.45, 7) is 6.75. The number of aliphatic carboxylic acids is 1. The molecule has 3 nitrogen and oxygen atoms in total. The van der Waals surface area contributed by atoms with Crippen molar-refractivity contribution in [1.29, 1.82) is 0 Å². The van der Waals surface area contributed by atoms with Crippen molar-refractivity contribution in [3.63, 3.8) is 0 Å². The third kappa shape index (κ3) is 7.29. The first kappa shape index (κ1) is 16.7. The highest BCUT2D eigenvalue weighted by Crippen LogP contribution is 2.09. The molecular formula is C17H27NO2. The fourth-order valence-electron chi connectivity index (χ4n) is 2.24. The minimum absolute atomic E-state index is 0.222. The zero-order valence-corrected chi connectivity index (χ0v) is 12.8. The lowest BCUT2D eigenvalue weighted by Gasteiger charge is -2.21. The van der Waals surface area contributed by atoms with Gasteiger partial charge in [0.1, 0.15) is 0 Å². The van der Waals surface area contributed by atoms with E-state index in [0.717, 1.165) is 19.5 Å². The van der Waals surface area contributed by atoms with Crippen LogP contribution in [0.3, 0.4) is 0 Å². The Labute approximate surface area is 122 Å². The van der Waals surface area contributed by atoms with E-state index in [2.05, 4.69) is 43.0 Å². The smallest absolute Gasteiger partial charge is 0.304 e. The minimum atomic E-state index is -0.715. The van der Waals surface area contributed by atoms with Crippen molar-refractivity contribution in [2.45, 2.75) is 52.5 Å². The van der Waals surface area contributed by atoms with Crippen LogP contribution in [0.1, 0.15) is 50.2 Å². The predicted octanol–water partition coefficient (Wildman–Crippen LogP) is 3.85. The highest BCUT2D eigenvalue weighted by Gasteiger charge is 2.08. The Morgan fingerprint density at radius 2 is 1.80 bits per heavy atom. The van der Waals surface area contributed by atoms with Crippen LogP contribution in [0, 0.1) is 6.92 Å². The summed E-state index contributed by atoms with van der Waals surface area (Å²) in [4.78, 5) is 13.0. The normalized spacial score (nSPS) is 10.9. The molecule has 0 amide bonds. The molecule has 1 rings (SSSR count). The molecule has 0 aliphatic heterocycles. The van der Waals surface area contributed by atoms with E-state index in [1.165, 1.54) is 30.4 Å². The van der Waals surface area contributed by atoms with Crippen LogP contribution in [0.5, 0.6) is 0 Å². The molecule has 0 unspecified atom stereocenters. The second kappa shape index (κ2) is 9.54. The Kier molecular flexibility index (Phi) is 7.97. The number of hydrogen-bond acceptors (Lipinski definition) is 2. The lowest BCUT2D eigenvalue weighted by Crippen LogP contribution is -2.27. The van der Waals surface area contributed by atoms with Crippen LogP contribution < -0.4 is 0 Å². The fourth-order valence-corrected chi connectivity index (χ4v) is 2.24. The van der Waals surface area contributed by atoms with Crippen molar-refractivity contribution in [1.82, 2.24) is 4.90 Å². The van der Waals surface area contributed by atoms with Crippen molar-refractivity contribution >= 4 is 5.97 Å². The standard InChI is InChI=1S/C17H27NO2/c1-3-4-5-6-12-18(13-11-17(19)20)14-16-9-7-15(2)8-10-16/h7-10H,3-6,11-14H2,1-2H3,(H,19,20). The number of benzene rings is 1. The van der Waals surface area contributed by atoms with Gasteiger partial charge in [-0.05, 0) is 25.5 Å². The summed E-state index contributed by atoms with van der Waals surface area (Å²) in [6, 6.07) is 8.49. The summed E-state index contributed by atoms with van der Waals surface area (Å²) in [7, 11) is 0. The van der Waals surface area contributed by atoms with Crippen LogP contribution in [0.4, 0.5) is 0 Å². The number of carboxylic acids is 1. The van der Waals surface area contributed by atoms with Gasteiger partial charge in [0.25, 0.3) is 0 Å². The lowest BCUT2D eigenvalue weighted by molar-refractivity contribution is -0.137. The highest BCUT2D eigenvalue weighted by molar-refractivity contribution is 5.66. The molecule has 0 aliphatic rings. The molecule has 0 saturated heterocycles. The van der Waals surface area contributed by atoms with Gasteiger partial charge in [-0.2, -0.15) is 0 Å². The molecule has 1 N–H and O–H groups in total. The van der Waals surface area contributed by atoms with Crippen molar-refractivity contribution in [2.24, 2.45) is 0 Å². The van der Waals surface area contributed by atoms with Gasteiger partial charge in [0.2, 0.25) is 0 Å². The van der Waals surface area contributed by atoms with Gasteiger partial charge in [-0.25, -0.2) is 0 Å². The summed E-state index contributed by atoms with van der Waals surface area (Å²) in [5.74, 6) is -0.715. The first-order valence-electron chi connectivity index (χ1n) is 7.61. The summed E-state index contributed by atoms with van der Waals surface area (Å²) in [5, 5.41) is 8.85. The van der Waals surface area contributed by atoms with E-state index >= 15 is 0 Å². The maximum absolute atomic E-state index is 10.8. The van der Waals surface area contributed by atoms with E-state index in [1.807, 2.05) is 0 Å². The Hall–Kier alpha value is -1.35. The molecule has 3 heteroatoms. The second-order valence-electron chi connectivity index (χ2n) is 5.47. The number of carbonyl (C=O) groups is 1. The SMILES string of the molecule is CCCCCCN(CCC(=O)O)Cc1ccc(C)cc1. The van der Waals surface area contributed by atoms with Gasteiger partial charge < -0.3 is 5.11 Å². The largest absolute Gasteiger partial charge is 0.481 e. The molecule has 0 saturated carbocycles. The van der Waals surface area contributed by atoms with E-state index in [4.69, 9.17) is 5.11 Å². The fraction of sp³-hybridized carbons (Fsp3) is 0.588. The van der Waals surface area contributed by atoms with Gasteiger partial charge in [-0.1, -0.05) is 56.0 Å². The lowest BCUT2D eigenvalue weighted by atomic mass is 10.1. The Balaban J connectivity index is 2.47. The maximum Gasteiger partial charge on any atom is 0.304 e. The van der Waals surface area contributed by atoms with E-state index in [-0.39, 0.29) is 6.42 Å². The van der Waals surface area contributed by atoms with Crippen LogP contribution in [-0.2, 0) is 11.3 Å². The molecule has 20 heavy (non-hydrogen) atoms. The van der Waals surface area contributed by atoms with Gasteiger partial charge >= 0.3 is 5.97 Å². The van der Waals surface area contributed by atoms with Crippen molar-refractivity contribution in [3.05, 3.63) is 35.4 Å². The van der Waals surface area contributed by atoms with Gasteiger partial charge in [0.05, 0.1) is 6.42 Å². The van der Waals surface area contributed by atoms with Gasteiger partial charge in [0.15, 0.2) is 0 Å². The first-order valence-corrected chi connectivity index (χ1v) is 7.61. The van der Waals surface area contributed by atoms with Crippen LogP contribution in [0.25, 0.3) is 0 Å². The summed E-state index contributed by atoms with van der Waals surface area (Å²) >= 11 is 0. The molecular weight excluding hydrogens is 250 g/mol. The maximum atomic E-state index is 10.8. The number of carboxylic acid groups (broad SMARTS) is 1. The Bertz CT molecular complexity index is 386. The number of rotatable bonds is 10. The Morgan fingerprint density at radius 1 is 1.10 bits per heavy atom. The van der Waals surface area contributed by atoms with Crippen molar-refractivity contribution in [3.8, 4) is 0 Å². The monoisotopic (exact) mass is 277 g/mol. The topological polar surface area (TPSA) is 40.5 Å². The minimum Gasteiger partial charge on any atom is -0.481 e. The molecule has 0 heterocycles. The van der Waals surface area contributed by atoms with Crippen LogP contribution in [0.15, 0.2) is 24.3 Å². The second-order valence-corrected chi connectivity index (χ2v) is 5.47. The zero-order valence-electron chi connectivity index (χ0n) is 12.8. The quantitative estimate of drug-likeness (QED) is 0.660. The van der Waals surface area contributed by atoms with Crippen LogP contribution in [-0.4, -0.2) is 29.1 Å². The summed E-state index contributed by atoms with van der Waals surface area (Å²) in [6.07, 6.45) is 5.09. The van der Waals surface area contributed by atoms with E-state index in [1.54, 1.807) is 0 Å². The van der Waals surface area contributed by atoms with Gasteiger partial charge in [0, 0.05) is 13.1 Å². The van der Waals surface area contributed by atoms with Gasteiger partial charge in [-0.3, -0.25) is 9.69 Å². The van der Waals surface area contributed by atoms with Crippen LogP contribution in [0.2, 0.25) is 0 Å². The molecule has 0 bridgehead atoms. The average Bonchev–Trinajstić information content (AvgIpc) is 2.43. The van der Waals surface area contributed by atoms with Crippen molar-refractivity contribution < 1.29 is 9.90 Å². The third-order valence-corrected chi connectivity index (χ3v) is 3.50. The zero-order chi connectivity index (χ0) is 14.8. The molecule has 0 atom stereocenters. The number of hydrogen-bond donors (Lipinski definition) is 1. The van der Waals surface area contributed by atoms with E-state index < -0.39 is 5.97 Å². The third-order valence-electron chi connectivity index (χ3n) is 3.50. The molecule has 0 aliphatic carbocycles. The van der Waals surface area contributed by atoms with E-state index in [9.17, 15) is 4.79 Å². The molecule has 0 aromatic heterocycles. The number of nitrogens with zero attached hydrogens (tertiary/aromatic N) is 1. The molecule has 0 fully saturated rings.